The van der Waals surface area contributed by atoms with Crippen molar-refractivity contribution in [3.05, 3.63) is 54.7 Å². The highest BCUT2D eigenvalue weighted by molar-refractivity contribution is 14.1. The molecular formula is C26H26I2N2. The van der Waals surface area contributed by atoms with Crippen molar-refractivity contribution in [2.75, 3.05) is 0 Å². The summed E-state index contributed by atoms with van der Waals surface area (Å²) in [5.41, 5.74) is 7.88. The van der Waals surface area contributed by atoms with Crippen LogP contribution in [0.5, 0.6) is 0 Å². The van der Waals surface area contributed by atoms with E-state index < -0.39 is 0 Å². The van der Waals surface area contributed by atoms with Crippen molar-refractivity contribution in [3.63, 3.8) is 0 Å². The molecule has 0 unspecified atom stereocenters. The molecule has 3 aromatic carbocycles. The van der Waals surface area contributed by atoms with Crippen molar-refractivity contribution < 1.29 is 0 Å². The molecule has 5 rings (SSSR count). The van der Waals surface area contributed by atoms with Crippen LogP contribution in [0.1, 0.15) is 52.7 Å². The van der Waals surface area contributed by atoms with Crippen molar-refractivity contribution in [2.45, 2.75) is 52.4 Å². The number of H-pyrrole nitrogens is 2. The van der Waals surface area contributed by atoms with Gasteiger partial charge in [-0.15, -0.1) is 0 Å². The third kappa shape index (κ3) is 3.08. The SMILES string of the molecule is CC(C)(C)c1cc(I)c2[nH]c3c(ccc4c5cc(C(C)(C)C)cc(I)c5[nH]c43)c2c1. The topological polar surface area (TPSA) is 31.6 Å². The van der Waals surface area contributed by atoms with Gasteiger partial charge in [-0.1, -0.05) is 53.7 Å². The lowest BCUT2D eigenvalue weighted by Gasteiger charge is -2.19. The first-order valence-electron chi connectivity index (χ1n) is 10.3. The summed E-state index contributed by atoms with van der Waals surface area (Å²) < 4.78 is 2.56. The zero-order valence-electron chi connectivity index (χ0n) is 18.2. The summed E-state index contributed by atoms with van der Waals surface area (Å²) in [7, 11) is 0. The maximum absolute atomic E-state index is 3.75. The number of halogens is 2. The third-order valence-corrected chi connectivity index (χ3v) is 7.90. The summed E-state index contributed by atoms with van der Waals surface area (Å²) in [5, 5.41) is 5.21. The first-order valence-corrected chi connectivity index (χ1v) is 12.5. The van der Waals surface area contributed by atoms with Gasteiger partial charge in [-0.05, 0) is 91.4 Å². The number of hydrogen-bond acceptors (Lipinski definition) is 0. The van der Waals surface area contributed by atoms with E-state index in [1.165, 1.54) is 61.9 Å². The zero-order valence-corrected chi connectivity index (χ0v) is 22.5. The zero-order chi connectivity index (χ0) is 21.6. The molecule has 0 aliphatic heterocycles. The average Bonchev–Trinajstić information content (AvgIpc) is 3.19. The second-order valence-corrected chi connectivity index (χ2v) is 12.7. The molecule has 0 amide bonds. The first kappa shape index (κ1) is 20.6. The molecule has 30 heavy (non-hydrogen) atoms. The van der Waals surface area contributed by atoms with Gasteiger partial charge in [-0.2, -0.15) is 0 Å². The molecule has 0 saturated carbocycles. The van der Waals surface area contributed by atoms with Gasteiger partial charge in [0.15, 0.2) is 0 Å². The van der Waals surface area contributed by atoms with Gasteiger partial charge in [0.25, 0.3) is 0 Å². The highest BCUT2D eigenvalue weighted by Crippen LogP contribution is 2.40. The fourth-order valence-electron chi connectivity index (χ4n) is 4.32. The van der Waals surface area contributed by atoms with Crippen LogP contribution in [0.15, 0.2) is 36.4 Å². The molecule has 0 fully saturated rings. The van der Waals surface area contributed by atoms with Crippen molar-refractivity contribution in [1.29, 1.82) is 0 Å². The Bertz CT molecular complexity index is 1360. The number of aromatic nitrogens is 2. The van der Waals surface area contributed by atoms with Gasteiger partial charge in [0.05, 0.1) is 22.1 Å². The number of hydrogen-bond donors (Lipinski definition) is 2. The fraction of sp³-hybridized carbons (Fsp3) is 0.308. The van der Waals surface area contributed by atoms with Gasteiger partial charge in [-0.3, -0.25) is 0 Å². The lowest BCUT2D eigenvalue weighted by molar-refractivity contribution is 0.590. The van der Waals surface area contributed by atoms with E-state index in [9.17, 15) is 0 Å². The normalized spacial score (nSPS) is 13.3. The van der Waals surface area contributed by atoms with E-state index in [4.69, 9.17) is 0 Å². The molecule has 0 spiro atoms. The lowest BCUT2D eigenvalue weighted by atomic mass is 9.86. The molecule has 4 heteroatoms. The average molecular weight is 620 g/mol. The van der Waals surface area contributed by atoms with Gasteiger partial charge >= 0.3 is 0 Å². The summed E-state index contributed by atoms with van der Waals surface area (Å²) in [6, 6.07) is 14.0. The van der Waals surface area contributed by atoms with Gasteiger partial charge in [0, 0.05) is 28.7 Å². The second-order valence-electron chi connectivity index (χ2n) is 10.4. The van der Waals surface area contributed by atoms with Crippen molar-refractivity contribution >= 4 is 88.8 Å². The highest BCUT2D eigenvalue weighted by Gasteiger charge is 2.21. The highest BCUT2D eigenvalue weighted by atomic mass is 127. The Balaban J connectivity index is 1.90. The van der Waals surface area contributed by atoms with Crippen LogP contribution in [-0.2, 0) is 10.8 Å². The molecule has 2 aromatic heterocycles. The Morgan fingerprint density at radius 1 is 0.533 bits per heavy atom. The first-order chi connectivity index (χ1) is 13.9. The molecule has 2 heterocycles. The molecule has 0 atom stereocenters. The van der Waals surface area contributed by atoms with Gasteiger partial charge in [0.2, 0.25) is 0 Å². The Morgan fingerprint density at radius 3 is 1.23 bits per heavy atom. The van der Waals surface area contributed by atoms with E-state index in [1.807, 2.05) is 0 Å². The largest absolute Gasteiger partial charge is 0.352 e. The molecule has 2 N–H and O–H groups in total. The smallest absolute Gasteiger partial charge is 0.0710 e. The van der Waals surface area contributed by atoms with Crippen LogP contribution in [0.4, 0.5) is 0 Å². The monoisotopic (exact) mass is 620 g/mol. The van der Waals surface area contributed by atoms with Gasteiger partial charge < -0.3 is 9.97 Å². The van der Waals surface area contributed by atoms with Crippen LogP contribution < -0.4 is 0 Å². The minimum absolute atomic E-state index is 0.127. The number of fused-ring (bicyclic) bond motifs is 7. The van der Waals surface area contributed by atoms with E-state index in [2.05, 4.69) is 133 Å². The standard InChI is InChI=1S/C26H26I2N2/c1-25(2,3)13-9-17-15-7-8-16-18-10-14(26(4,5)6)12-20(28)22(18)30-24(16)23(15)29-21(17)19(27)11-13/h7-12,29-30H,1-6H3. The minimum atomic E-state index is 0.127. The van der Waals surface area contributed by atoms with Crippen LogP contribution in [0.25, 0.3) is 43.6 Å². The maximum Gasteiger partial charge on any atom is 0.0710 e. The van der Waals surface area contributed by atoms with Crippen LogP contribution in [0.2, 0.25) is 0 Å². The third-order valence-electron chi connectivity index (χ3n) is 6.20. The van der Waals surface area contributed by atoms with Crippen LogP contribution in [0.3, 0.4) is 0 Å². The maximum atomic E-state index is 3.75. The lowest BCUT2D eigenvalue weighted by Crippen LogP contribution is -2.11. The van der Waals surface area contributed by atoms with Crippen LogP contribution in [-0.4, -0.2) is 9.97 Å². The summed E-state index contributed by atoms with van der Waals surface area (Å²) in [4.78, 5) is 7.50. The Kier molecular flexibility index (Phi) is 4.54. The van der Waals surface area contributed by atoms with Crippen LogP contribution >= 0.6 is 45.2 Å². The second kappa shape index (κ2) is 6.61. The molecule has 0 aliphatic carbocycles. The van der Waals surface area contributed by atoms with Crippen LogP contribution in [0, 0.1) is 7.14 Å². The number of nitrogens with one attached hydrogen (secondary N) is 2. The summed E-state index contributed by atoms with van der Waals surface area (Å²) in [6.07, 6.45) is 0. The van der Waals surface area contributed by atoms with Crippen molar-refractivity contribution in [2.24, 2.45) is 0 Å². The summed E-state index contributed by atoms with van der Waals surface area (Å²) in [5.74, 6) is 0. The van der Waals surface area contributed by atoms with Gasteiger partial charge in [-0.25, -0.2) is 0 Å². The predicted molar refractivity (Wildman–Crippen MR) is 148 cm³/mol. The number of rotatable bonds is 0. The molecule has 154 valence electrons. The molecule has 2 nitrogen and oxygen atoms in total. The Hall–Kier alpha value is -1.28. The fourth-order valence-corrected chi connectivity index (χ4v) is 5.84. The molecular weight excluding hydrogens is 594 g/mol. The van der Waals surface area contributed by atoms with E-state index in [-0.39, 0.29) is 10.8 Å². The van der Waals surface area contributed by atoms with Crippen molar-refractivity contribution in [1.82, 2.24) is 9.97 Å². The molecule has 5 aromatic rings. The van der Waals surface area contributed by atoms with E-state index in [0.29, 0.717) is 0 Å². The summed E-state index contributed by atoms with van der Waals surface area (Å²) in [6.45, 7) is 13.7. The summed E-state index contributed by atoms with van der Waals surface area (Å²) >= 11 is 4.94. The number of aromatic amines is 2. The predicted octanol–water partition coefficient (Wildman–Crippen LogP) is 8.76. The quantitative estimate of drug-likeness (QED) is 0.162. The molecule has 0 radical (unpaired) electrons. The molecule has 0 bridgehead atoms. The van der Waals surface area contributed by atoms with E-state index >= 15 is 0 Å². The number of benzene rings is 3. The Morgan fingerprint density at radius 2 is 0.900 bits per heavy atom. The minimum Gasteiger partial charge on any atom is -0.352 e. The van der Waals surface area contributed by atoms with Crippen molar-refractivity contribution in [3.8, 4) is 0 Å². The Labute approximate surface area is 204 Å². The van der Waals surface area contributed by atoms with Gasteiger partial charge in [0.1, 0.15) is 0 Å². The molecule has 0 saturated heterocycles. The van der Waals surface area contributed by atoms with E-state index in [0.717, 1.165) is 0 Å². The molecule has 0 aliphatic rings. The van der Waals surface area contributed by atoms with E-state index in [1.54, 1.807) is 0 Å².